The van der Waals surface area contributed by atoms with Gasteiger partial charge >= 0.3 is 11.9 Å². The van der Waals surface area contributed by atoms with Gasteiger partial charge in [-0.1, -0.05) is 28.1 Å². The predicted molar refractivity (Wildman–Crippen MR) is 77.5 cm³/mol. The fourth-order valence-corrected chi connectivity index (χ4v) is 1.84. The Labute approximate surface area is 126 Å². The SMILES string of the molecule is CC(C)(C)OC(=O)C(Cc1ccc(Br)cc1)C(=O)ON. The first-order valence-corrected chi connectivity index (χ1v) is 6.90. The first-order valence-electron chi connectivity index (χ1n) is 6.11. The molecule has 6 heteroatoms. The Morgan fingerprint density at radius 2 is 1.75 bits per heavy atom. The van der Waals surface area contributed by atoms with Crippen molar-refractivity contribution in [2.24, 2.45) is 11.8 Å². The van der Waals surface area contributed by atoms with Crippen molar-refractivity contribution in [3.63, 3.8) is 0 Å². The van der Waals surface area contributed by atoms with E-state index in [1.807, 2.05) is 24.3 Å². The van der Waals surface area contributed by atoms with E-state index in [0.29, 0.717) is 0 Å². The van der Waals surface area contributed by atoms with Crippen molar-refractivity contribution in [3.05, 3.63) is 34.3 Å². The first-order chi connectivity index (χ1) is 9.23. The van der Waals surface area contributed by atoms with Crippen LogP contribution in [0.4, 0.5) is 0 Å². The maximum atomic E-state index is 12.0. The molecule has 0 aliphatic heterocycles. The fraction of sp³-hybridized carbons (Fsp3) is 0.429. The van der Waals surface area contributed by atoms with Gasteiger partial charge < -0.3 is 9.57 Å². The van der Waals surface area contributed by atoms with Gasteiger partial charge in [-0.05, 0) is 44.9 Å². The third-order valence-electron chi connectivity index (χ3n) is 2.45. The van der Waals surface area contributed by atoms with Crippen molar-refractivity contribution in [2.45, 2.75) is 32.8 Å². The van der Waals surface area contributed by atoms with Crippen molar-refractivity contribution < 1.29 is 19.2 Å². The van der Waals surface area contributed by atoms with Crippen LogP contribution in [-0.4, -0.2) is 17.5 Å². The van der Waals surface area contributed by atoms with Gasteiger partial charge in [-0.15, -0.1) is 0 Å². The molecular formula is C14H18BrNO4. The standard InChI is InChI=1S/C14H18BrNO4/c1-14(2,3)19-12(17)11(13(18)20-16)8-9-4-6-10(15)7-5-9/h4-7,11H,8,16H2,1-3H3. The molecule has 110 valence electrons. The van der Waals surface area contributed by atoms with E-state index in [4.69, 9.17) is 10.6 Å². The summed E-state index contributed by atoms with van der Waals surface area (Å²) in [5.41, 5.74) is 0.138. The van der Waals surface area contributed by atoms with Gasteiger partial charge in [0.25, 0.3) is 0 Å². The highest BCUT2D eigenvalue weighted by Gasteiger charge is 2.32. The average Bonchev–Trinajstić information content (AvgIpc) is 2.35. The Morgan fingerprint density at radius 1 is 1.20 bits per heavy atom. The summed E-state index contributed by atoms with van der Waals surface area (Å²) in [7, 11) is 0. The molecule has 1 aromatic rings. The Morgan fingerprint density at radius 3 is 2.20 bits per heavy atom. The van der Waals surface area contributed by atoms with Gasteiger partial charge in [0, 0.05) is 4.47 Å². The number of ether oxygens (including phenoxy) is 1. The lowest BCUT2D eigenvalue weighted by Gasteiger charge is -2.22. The zero-order chi connectivity index (χ0) is 15.3. The predicted octanol–water partition coefficient (Wildman–Crippen LogP) is 2.37. The summed E-state index contributed by atoms with van der Waals surface area (Å²) in [6, 6.07) is 7.28. The van der Waals surface area contributed by atoms with E-state index in [-0.39, 0.29) is 6.42 Å². The molecule has 1 atom stereocenters. The van der Waals surface area contributed by atoms with E-state index < -0.39 is 23.5 Å². The Hall–Kier alpha value is -1.40. The van der Waals surface area contributed by atoms with Crippen molar-refractivity contribution in [2.75, 3.05) is 0 Å². The van der Waals surface area contributed by atoms with Gasteiger partial charge in [-0.2, -0.15) is 5.90 Å². The molecule has 0 aliphatic carbocycles. The highest BCUT2D eigenvalue weighted by Crippen LogP contribution is 2.18. The normalized spacial score (nSPS) is 12.7. The number of halogens is 1. The molecule has 0 aromatic heterocycles. The molecule has 0 saturated carbocycles. The molecule has 0 heterocycles. The lowest BCUT2D eigenvalue weighted by molar-refractivity contribution is -0.169. The molecule has 1 unspecified atom stereocenters. The third kappa shape index (κ3) is 5.30. The summed E-state index contributed by atoms with van der Waals surface area (Å²) in [4.78, 5) is 27.9. The minimum absolute atomic E-state index is 0.179. The zero-order valence-corrected chi connectivity index (χ0v) is 13.3. The van der Waals surface area contributed by atoms with Gasteiger partial charge in [0.15, 0.2) is 5.92 Å². The number of esters is 1. The molecule has 0 spiro atoms. The third-order valence-corrected chi connectivity index (χ3v) is 2.97. The smallest absolute Gasteiger partial charge is 0.339 e. The minimum atomic E-state index is -1.07. The van der Waals surface area contributed by atoms with Crippen LogP contribution in [0.15, 0.2) is 28.7 Å². The topological polar surface area (TPSA) is 78.6 Å². The average molecular weight is 344 g/mol. The molecule has 1 rings (SSSR count). The largest absolute Gasteiger partial charge is 0.459 e. The van der Waals surface area contributed by atoms with Crippen LogP contribution in [-0.2, 0) is 25.6 Å². The Bertz CT molecular complexity index is 479. The second-order valence-electron chi connectivity index (χ2n) is 5.35. The highest BCUT2D eigenvalue weighted by atomic mass is 79.9. The van der Waals surface area contributed by atoms with Gasteiger partial charge in [0.05, 0.1) is 0 Å². The van der Waals surface area contributed by atoms with Crippen LogP contribution in [0.2, 0.25) is 0 Å². The van der Waals surface area contributed by atoms with E-state index >= 15 is 0 Å². The van der Waals surface area contributed by atoms with Crippen LogP contribution in [0.5, 0.6) is 0 Å². The zero-order valence-electron chi connectivity index (χ0n) is 11.7. The summed E-state index contributed by atoms with van der Waals surface area (Å²) < 4.78 is 6.13. The van der Waals surface area contributed by atoms with Gasteiger partial charge in [-0.25, -0.2) is 4.79 Å². The molecule has 2 N–H and O–H groups in total. The first kappa shape index (κ1) is 16.7. The van der Waals surface area contributed by atoms with Crippen molar-refractivity contribution in [1.29, 1.82) is 0 Å². The van der Waals surface area contributed by atoms with Crippen LogP contribution in [0.3, 0.4) is 0 Å². The van der Waals surface area contributed by atoms with Crippen LogP contribution >= 0.6 is 15.9 Å². The molecule has 0 aliphatic rings. The lowest BCUT2D eigenvalue weighted by atomic mass is 9.99. The summed E-state index contributed by atoms with van der Waals surface area (Å²) >= 11 is 3.32. The number of carbonyl (C=O) groups is 2. The lowest BCUT2D eigenvalue weighted by Crippen LogP contribution is -2.35. The minimum Gasteiger partial charge on any atom is -0.459 e. The summed E-state index contributed by atoms with van der Waals surface area (Å²) in [6.07, 6.45) is 0.179. The molecule has 5 nitrogen and oxygen atoms in total. The monoisotopic (exact) mass is 343 g/mol. The maximum absolute atomic E-state index is 12.0. The number of carbonyl (C=O) groups excluding carboxylic acids is 2. The van der Waals surface area contributed by atoms with Gasteiger partial charge in [0.1, 0.15) is 5.60 Å². The second-order valence-corrected chi connectivity index (χ2v) is 6.27. The molecule has 1 aromatic carbocycles. The van der Waals surface area contributed by atoms with Crippen LogP contribution < -0.4 is 5.90 Å². The fourth-order valence-electron chi connectivity index (χ4n) is 1.57. The van der Waals surface area contributed by atoms with Crippen LogP contribution in [0.25, 0.3) is 0 Å². The molecular weight excluding hydrogens is 326 g/mol. The van der Waals surface area contributed by atoms with E-state index in [9.17, 15) is 9.59 Å². The quantitative estimate of drug-likeness (QED) is 0.515. The Balaban J connectivity index is 2.87. The molecule has 0 radical (unpaired) electrons. The molecule has 0 saturated heterocycles. The number of hydrogen-bond donors (Lipinski definition) is 1. The van der Waals surface area contributed by atoms with E-state index in [0.717, 1.165) is 10.0 Å². The van der Waals surface area contributed by atoms with E-state index in [2.05, 4.69) is 20.8 Å². The number of benzene rings is 1. The molecule has 0 fully saturated rings. The van der Waals surface area contributed by atoms with E-state index in [1.54, 1.807) is 20.8 Å². The van der Waals surface area contributed by atoms with Crippen molar-refractivity contribution >= 4 is 27.9 Å². The summed E-state index contributed by atoms with van der Waals surface area (Å²) in [5, 5.41) is 0. The van der Waals surface area contributed by atoms with Gasteiger partial charge in [0.2, 0.25) is 0 Å². The molecule has 20 heavy (non-hydrogen) atoms. The number of rotatable bonds is 4. The maximum Gasteiger partial charge on any atom is 0.339 e. The molecule has 0 amide bonds. The number of hydrogen-bond acceptors (Lipinski definition) is 5. The van der Waals surface area contributed by atoms with Crippen LogP contribution in [0, 0.1) is 5.92 Å². The highest BCUT2D eigenvalue weighted by molar-refractivity contribution is 9.10. The van der Waals surface area contributed by atoms with Crippen molar-refractivity contribution in [3.8, 4) is 0 Å². The molecule has 0 bridgehead atoms. The van der Waals surface area contributed by atoms with Gasteiger partial charge in [-0.3, -0.25) is 4.79 Å². The summed E-state index contributed by atoms with van der Waals surface area (Å²) in [5.74, 6) is 2.37. The number of nitrogens with two attached hydrogens (primary N) is 1. The van der Waals surface area contributed by atoms with E-state index in [1.165, 1.54) is 0 Å². The van der Waals surface area contributed by atoms with Crippen LogP contribution in [0.1, 0.15) is 26.3 Å². The Kier molecular flexibility index (Phi) is 5.71. The second kappa shape index (κ2) is 6.85. The van der Waals surface area contributed by atoms with Crippen molar-refractivity contribution in [1.82, 2.24) is 0 Å². The summed E-state index contributed by atoms with van der Waals surface area (Å²) in [6.45, 7) is 5.19.